The molecule has 8 nitrogen and oxygen atoms in total. The van der Waals surface area contributed by atoms with Gasteiger partial charge >= 0.3 is 5.97 Å². The van der Waals surface area contributed by atoms with Crippen LogP contribution in [0.1, 0.15) is 154 Å². The lowest BCUT2D eigenvalue weighted by Gasteiger charge is -2.08. The van der Waals surface area contributed by atoms with E-state index in [-0.39, 0.29) is 34.0 Å². The van der Waals surface area contributed by atoms with Crippen LogP contribution in [0.5, 0.6) is 0 Å². The van der Waals surface area contributed by atoms with E-state index in [2.05, 4.69) is 34.6 Å². The number of unbranched alkanes of at least 4 members (excludes halogenated alkanes) is 18. The van der Waals surface area contributed by atoms with E-state index in [4.69, 9.17) is 5.11 Å². The molecule has 0 aliphatic rings. The van der Waals surface area contributed by atoms with E-state index in [1.54, 1.807) is 0 Å². The smallest absolute Gasteiger partial charge is 0.328 e. The molecule has 46 heavy (non-hydrogen) atoms. The highest BCUT2D eigenvalue weighted by atomic mass is 79.9. The maximum Gasteiger partial charge on any atom is 0.328 e. The standard InChI is InChI=1S/C21H32N2O4.C15H28N2.2BrH/c1-2-3-4-5-6-7-8-9-10-11-16-23-18(12-14-20(24)25)17-22-19(23)13-15-21(26)27;1-2-3-4-5-6-7-8-9-10-11-13-17-14-12-16-15-17;;/h12-15,17H,2-11,16H2,1H3,(H,24,25)(H,26,27);12,14-15H,2-11,13H2,1H3;2*1H. The van der Waals surface area contributed by atoms with Crippen molar-refractivity contribution < 1.29 is 24.4 Å². The molecule has 2 heterocycles. The van der Waals surface area contributed by atoms with Gasteiger partial charge in [0.2, 0.25) is 6.33 Å². The molecular formula is C36H62Br2N4O4. The minimum absolute atomic E-state index is 0. The van der Waals surface area contributed by atoms with Crippen LogP contribution in [0.3, 0.4) is 0 Å². The van der Waals surface area contributed by atoms with Crippen molar-refractivity contribution in [1.29, 1.82) is 0 Å². The van der Waals surface area contributed by atoms with Crippen LogP contribution >= 0.6 is 34.0 Å². The van der Waals surface area contributed by atoms with E-state index in [9.17, 15) is 14.7 Å². The summed E-state index contributed by atoms with van der Waals surface area (Å²) in [6.07, 6.45) is 38.9. The molecule has 0 radical (unpaired) electrons. The second-order valence-electron chi connectivity index (χ2n) is 11.7. The molecule has 0 fully saturated rings. The molecule has 0 atom stereocenters. The maximum atomic E-state index is 10.7. The number of aromatic nitrogens is 4. The highest BCUT2D eigenvalue weighted by Gasteiger charge is 2.06. The van der Waals surface area contributed by atoms with Crippen LogP contribution in [0, 0.1) is 0 Å². The zero-order valence-corrected chi connectivity index (χ0v) is 31.9. The fraction of sp³-hybridized carbons (Fsp3) is 0.667. The van der Waals surface area contributed by atoms with E-state index < -0.39 is 11.9 Å². The molecule has 2 aromatic heterocycles. The van der Waals surface area contributed by atoms with Gasteiger partial charge in [0, 0.05) is 12.6 Å². The summed E-state index contributed by atoms with van der Waals surface area (Å²) in [4.78, 5) is 28.6. The van der Waals surface area contributed by atoms with Gasteiger partial charge in [0.15, 0.2) is 0 Å². The summed E-state index contributed by atoms with van der Waals surface area (Å²) < 4.78 is 4.06. The Labute approximate surface area is 299 Å². The summed E-state index contributed by atoms with van der Waals surface area (Å²) in [7, 11) is 0. The van der Waals surface area contributed by atoms with Gasteiger partial charge in [-0.1, -0.05) is 123 Å². The molecule has 2 aromatic rings. The number of carboxylic acid groups (broad SMARTS) is 2. The SMILES string of the molecule is Br.Br.CCCCCCCCCCCC[n+]1cc[nH]c1.CCCCCCCCCCCCn1c(C=CC(=O)[O-])cnc1C=CC(=O)O. The number of aryl methyl sites for hydroxylation is 1. The molecule has 0 aromatic carbocycles. The number of carboxylic acids is 2. The molecule has 0 aliphatic carbocycles. The highest BCUT2D eigenvalue weighted by molar-refractivity contribution is 8.93. The summed E-state index contributed by atoms with van der Waals surface area (Å²) in [5, 5.41) is 19.4. The number of nitrogens with one attached hydrogen (secondary N) is 1. The number of H-pyrrole nitrogens is 1. The highest BCUT2D eigenvalue weighted by Crippen LogP contribution is 2.15. The van der Waals surface area contributed by atoms with Gasteiger partial charge in [-0.3, -0.25) is 4.98 Å². The van der Waals surface area contributed by atoms with Gasteiger partial charge < -0.3 is 19.6 Å². The van der Waals surface area contributed by atoms with Crippen LogP contribution in [0.25, 0.3) is 12.2 Å². The molecule has 0 amide bonds. The van der Waals surface area contributed by atoms with Crippen LogP contribution < -0.4 is 9.67 Å². The third-order valence-corrected chi connectivity index (χ3v) is 7.79. The Hall–Kier alpha value is -2.20. The predicted octanol–water partition coefficient (Wildman–Crippen LogP) is 9.04. The fourth-order valence-electron chi connectivity index (χ4n) is 5.21. The van der Waals surface area contributed by atoms with Crippen molar-refractivity contribution in [3.8, 4) is 0 Å². The van der Waals surface area contributed by atoms with Crippen LogP contribution in [-0.4, -0.2) is 31.6 Å². The van der Waals surface area contributed by atoms with E-state index in [0.717, 1.165) is 25.0 Å². The first-order valence-electron chi connectivity index (χ1n) is 17.3. The topological polar surface area (TPSA) is 115 Å². The van der Waals surface area contributed by atoms with Gasteiger partial charge in [0.25, 0.3) is 0 Å². The van der Waals surface area contributed by atoms with Gasteiger partial charge in [0.05, 0.1) is 24.4 Å². The number of carbonyl (C=O) groups is 2. The lowest BCUT2D eigenvalue weighted by Crippen LogP contribution is -2.30. The molecule has 0 saturated carbocycles. The summed E-state index contributed by atoms with van der Waals surface area (Å²) >= 11 is 0. The zero-order chi connectivity index (χ0) is 32.1. The lowest BCUT2D eigenvalue weighted by atomic mass is 10.1. The molecule has 0 saturated heterocycles. The second kappa shape index (κ2) is 32.7. The van der Waals surface area contributed by atoms with Gasteiger partial charge in [-0.25, -0.2) is 14.3 Å². The molecule has 264 valence electrons. The van der Waals surface area contributed by atoms with E-state index in [1.807, 2.05) is 17.1 Å². The molecule has 0 aliphatic heterocycles. The molecule has 10 heteroatoms. The maximum absolute atomic E-state index is 10.7. The Morgan fingerprint density at radius 1 is 0.783 bits per heavy atom. The molecular weight excluding hydrogens is 712 g/mol. The van der Waals surface area contributed by atoms with E-state index in [0.29, 0.717) is 18.1 Å². The third-order valence-electron chi connectivity index (χ3n) is 7.79. The first-order valence-corrected chi connectivity index (χ1v) is 17.3. The molecule has 0 bridgehead atoms. The first kappa shape index (κ1) is 45.9. The van der Waals surface area contributed by atoms with Crippen molar-refractivity contribution in [3.05, 3.63) is 48.6 Å². The van der Waals surface area contributed by atoms with Crippen molar-refractivity contribution in [2.75, 3.05) is 0 Å². The number of nitrogens with zero attached hydrogens (tertiary/aromatic N) is 3. The monoisotopic (exact) mass is 772 g/mol. The minimum atomic E-state index is -1.27. The number of imidazole rings is 2. The Morgan fingerprint density at radius 3 is 1.74 bits per heavy atom. The summed E-state index contributed by atoms with van der Waals surface area (Å²) in [5.41, 5.74) is 0.625. The van der Waals surface area contributed by atoms with Gasteiger partial charge in [-0.15, -0.1) is 34.0 Å². The Balaban J connectivity index is 0. The number of carbonyl (C=O) groups excluding carboxylic acids is 1. The largest absolute Gasteiger partial charge is 0.545 e. The fourth-order valence-corrected chi connectivity index (χ4v) is 5.21. The quantitative estimate of drug-likeness (QED) is 0.0563. The number of halogens is 2. The van der Waals surface area contributed by atoms with Crippen LogP contribution in [0.15, 0.2) is 37.1 Å². The minimum Gasteiger partial charge on any atom is -0.545 e. The van der Waals surface area contributed by atoms with Crippen LogP contribution in [0.4, 0.5) is 0 Å². The lowest BCUT2D eigenvalue weighted by molar-refractivity contribution is -0.696. The summed E-state index contributed by atoms with van der Waals surface area (Å²) in [6, 6.07) is 0. The number of hydrogen-bond donors (Lipinski definition) is 2. The average molecular weight is 775 g/mol. The van der Waals surface area contributed by atoms with Gasteiger partial charge in [-0.05, 0) is 37.5 Å². The number of rotatable bonds is 26. The first-order chi connectivity index (χ1) is 21.5. The number of hydrogen-bond acceptors (Lipinski definition) is 4. The third kappa shape index (κ3) is 25.9. The van der Waals surface area contributed by atoms with Crippen molar-refractivity contribution in [2.24, 2.45) is 0 Å². The molecule has 2 rings (SSSR count). The van der Waals surface area contributed by atoms with Crippen molar-refractivity contribution in [3.63, 3.8) is 0 Å². The predicted molar refractivity (Wildman–Crippen MR) is 198 cm³/mol. The summed E-state index contributed by atoms with van der Waals surface area (Å²) in [6.45, 7) is 6.34. The Kier molecular flexibility index (Phi) is 32.7. The average Bonchev–Trinajstić information content (AvgIpc) is 3.67. The van der Waals surface area contributed by atoms with Crippen molar-refractivity contribution in [1.82, 2.24) is 14.5 Å². The summed E-state index contributed by atoms with van der Waals surface area (Å²) in [5.74, 6) is -1.81. The van der Waals surface area contributed by atoms with E-state index in [1.165, 1.54) is 140 Å². The number of aliphatic carboxylic acids is 2. The molecule has 0 spiro atoms. The second-order valence-corrected chi connectivity index (χ2v) is 11.7. The Bertz CT molecular complexity index is 997. The van der Waals surface area contributed by atoms with Crippen LogP contribution in [0.2, 0.25) is 0 Å². The zero-order valence-electron chi connectivity index (χ0n) is 28.5. The van der Waals surface area contributed by atoms with Gasteiger partial charge in [0.1, 0.15) is 18.2 Å². The molecule has 2 N–H and O–H groups in total. The van der Waals surface area contributed by atoms with Crippen LogP contribution in [-0.2, 0) is 22.7 Å². The van der Waals surface area contributed by atoms with E-state index >= 15 is 0 Å². The normalized spacial score (nSPS) is 10.8. The van der Waals surface area contributed by atoms with Crippen molar-refractivity contribution >= 4 is 58.1 Å². The van der Waals surface area contributed by atoms with Gasteiger partial charge in [-0.2, -0.15) is 0 Å². The van der Waals surface area contributed by atoms with Crippen molar-refractivity contribution in [2.45, 2.75) is 155 Å². The molecule has 0 unspecified atom stereocenters. The Morgan fingerprint density at radius 2 is 1.28 bits per heavy atom. The number of aromatic amines is 1.